The first-order valence-corrected chi connectivity index (χ1v) is 23.5. The van der Waals surface area contributed by atoms with Gasteiger partial charge in [-0.25, -0.2) is 0 Å². The predicted molar refractivity (Wildman–Crippen MR) is 281 cm³/mol. The van der Waals surface area contributed by atoms with E-state index < -0.39 is 5.41 Å². The molecule has 2 nitrogen and oxygen atoms in total. The van der Waals surface area contributed by atoms with Gasteiger partial charge in [-0.3, -0.25) is 0 Å². The van der Waals surface area contributed by atoms with Crippen molar-refractivity contribution in [2.75, 3.05) is 9.80 Å². The lowest BCUT2D eigenvalue weighted by Crippen LogP contribution is -2.28. The van der Waals surface area contributed by atoms with Crippen molar-refractivity contribution < 1.29 is 0 Å². The summed E-state index contributed by atoms with van der Waals surface area (Å²) in [5.41, 5.74) is 13.6. The maximum absolute atomic E-state index is 2.50. The molecule has 11 aromatic carbocycles. The molecule has 1 aliphatic carbocycles. The Kier molecular flexibility index (Phi) is 8.97. The monoisotopic (exact) mass is 858 g/mol. The van der Waals surface area contributed by atoms with Crippen LogP contribution in [0.25, 0.3) is 52.8 Å². The van der Waals surface area contributed by atoms with Gasteiger partial charge in [0.2, 0.25) is 0 Å². The van der Waals surface area contributed by atoms with Crippen molar-refractivity contribution in [3.63, 3.8) is 0 Å². The first-order valence-electron chi connectivity index (χ1n) is 22.7. The summed E-state index contributed by atoms with van der Waals surface area (Å²) < 4.78 is 2.58. The predicted octanol–water partition coefficient (Wildman–Crippen LogP) is 17.7. The highest BCUT2D eigenvalue weighted by molar-refractivity contribution is 7.25. The lowest BCUT2D eigenvalue weighted by molar-refractivity contribution is 0.769. The molecule has 310 valence electrons. The summed E-state index contributed by atoms with van der Waals surface area (Å²) in [4.78, 5) is 4.81. The van der Waals surface area contributed by atoms with E-state index >= 15 is 0 Å². The third-order valence-corrected chi connectivity index (χ3v) is 14.8. The number of hydrogen-bond donors (Lipinski definition) is 0. The number of thiophene rings is 1. The number of anilines is 6. The summed E-state index contributed by atoms with van der Waals surface area (Å²) in [7, 11) is 0. The molecule has 0 saturated carbocycles. The first-order chi connectivity index (χ1) is 32.7. The van der Waals surface area contributed by atoms with Crippen LogP contribution in [0.1, 0.15) is 22.3 Å². The zero-order chi connectivity index (χ0) is 43.6. The number of benzene rings is 11. The molecule has 3 heteroatoms. The Morgan fingerprint density at radius 1 is 0.273 bits per heavy atom. The second-order valence-electron chi connectivity index (χ2n) is 17.3. The number of rotatable bonds is 8. The highest BCUT2D eigenvalue weighted by Crippen LogP contribution is 2.58. The largest absolute Gasteiger partial charge is 0.310 e. The Labute approximate surface area is 388 Å². The van der Waals surface area contributed by atoms with Gasteiger partial charge in [0.15, 0.2) is 0 Å². The van der Waals surface area contributed by atoms with Gasteiger partial charge >= 0.3 is 0 Å². The van der Waals surface area contributed by atoms with Crippen LogP contribution in [0.4, 0.5) is 34.1 Å². The van der Waals surface area contributed by atoms with Gasteiger partial charge in [0.1, 0.15) is 0 Å². The van der Waals surface area contributed by atoms with Crippen molar-refractivity contribution in [3.8, 4) is 11.1 Å². The smallest absolute Gasteiger partial charge is 0.0713 e. The Bertz CT molecular complexity index is 3730. The molecule has 13 rings (SSSR count). The van der Waals surface area contributed by atoms with E-state index in [1.54, 1.807) is 0 Å². The fourth-order valence-corrected chi connectivity index (χ4v) is 11.9. The van der Waals surface area contributed by atoms with Gasteiger partial charge in [0.05, 0.1) is 5.41 Å². The zero-order valence-electron chi connectivity index (χ0n) is 36.1. The molecular weight excluding hydrogens is 817 g/mol. The Morgan fingerprint density at radius 3 is 1.45 bits per heavy atom. The molecule has 0 aliphatic heterocycles. The summed E-state index contributed by atoms with van der Waals surface area (Å²) in [6.45, 7) is 0. The van der Waals surface area contributed by atoms with E-state index in [1.165, 1.54) is 75.1 Å². The van der Waals surface area contributed by atoms with Crippen LogP contribution in [-0.4, -0.2) is 0 Å². The van der Waals surface area contributed by atoms with E-state index in [2.05, 4.69) is 265 Å². The minimum atomic E-state index is -0.542. The minimum Gasteiger partial charge on any atom is -0.310 e. The molecule has 1 aromatic heterocycles. The third kappa shape index (κ3) is 6.01. The van der Waals surface area contributed by atoms with Crippen LogP contribution in [0.15, 0.2) is 255 Å². The highest BCUT2D eigenvalue weighted by atomic mass is 32.1. The normalized spacial score (nSPS) is 12.7. The van der Waals surface area contributed by atoms with E-state index in [4.69, 9.17) is 0 Å². The fourth-order valence-electron chi connectivity index (χ4n) is 10.8. The highest BCUT2D eigenvalue weighted by Gasteiger charge is 2.46. The van der Waals surface area contributed by atoms with Crippen LogP contribution in [0.5, 0.6) is 0 Å². The number of fused-ring (bicyclic) bond motifs is 9. The van der Waals surface area contributed by atoms with Crippen molar-refractivity contribution in [1.82, 2.24) is 0 Å². The van der Waals surface area contributed by atoms with Crippen LogP contribution >= 0.6 is 11.3 Å². The molecule has 0 radical (unpaired) electrons. The summed E-state index contributed by atoms with van der Waals surface area (Å²) >= 11 is 1.85. The maximum Gasteiger partial charge on any atom is 0.0713 e. The minimum absolute atomic E-state index is 0.542. The van der Waals surface area contributed by atoms with Crippen molar-refractivity contribution >= 4 is 87.2 Å². The van der Waals surface area contributed by atoms with Crippen LogP contribution in [-0.2, 0) is 5.41 Å². The molecule has 1 heterocycles. The molecule has 0 N–H and O–H groups in total. The van der Waals surface area contributed by atoms with Crippen molar-refractivity contribution in [1.29, 1.82) is 0 Å². The van der Waals surface area contributed by atoms with Gasteiger partial charge < -0.3 is 9.80 Å². The Morgan fingerprint density at radius 2 is 0.773 bits per heavy atom. The van der Waals surface area contributed by atoms with Gasteiger partial charge in [-0.1, -0.05) is 170 Å². The van der Waals surface area contributed by atoms with E-state index in [0.717, 1.165) is 34.1 Å². The number of para-hydroxylation sites is 2. The number of nitrogens with zero attached hydrogens (tertiary/aromatic N) is 2. The molecule has 12 aromatic rings. The lowest BCUT2D eigenvalue weighted by atomic mass is 9.67. The van der Waals surface area contributed by atoms with E-state index in [9.17, 15) is 0 Å². The summed E-state index contributed by atoms with van der Waals surface area (Å²) in [6.07, 6.45) is 0. The van der Waals surface area contributed by atoms with E-state index in [-0.39, 0.29) is 0 Å². The van der Waals surface area contributed by atoms with Gasteiger partial charge in [0, 0.05) is 54.3 Å². The van der Waals surface area contributed by atoms with Crippen molar-refractivity contribution in [3.05, 3.63) is 277 Å². The average molecular weight is 859 g/mol. The molecule has 0 saturated heterocycles. The van der Waals surface area contributed by atoms with E-state index in [0.29, 0.717) is 0 Å². The molecular formula is C63H42N2S. The molecule has 0 fully saturated rings. The first kappa shape index (κ1) is 38.2. The van der Waals surface area contributed by atoms with Crippen LogP contribution < -0.4 is 9.80 Å². The molecule has 1 aliphatic rings. The molecule has 66 heavy (non-hydrogen) atoms. The molecule has 0 bridgehead atoms. The van der Waals surface area contributed by atoms with Crippen molar-refractivity contribution in [2.24, 2.45) is 0 Å². The van der Waals surface area contributed by atoms with E-state index in [1.807, 2.05) is 11.3 Å². The Balaban J connectivity index is 1.03. The molecule has 0 spiro atoms. The molecule has 0 atom stereocenters. The maximum atomic E-state index is 2.50. The van der Waals surface area contributed by atoms with Crippen molar-refractivity contribution in [2.45, 2.75) is 5.41 Å². The SMILES string of the molecule is c1ccc(N(c2cccc(N(c3ccccc3)c3ccc4c(c3)sc3ccccc34)c2)c2ccc3c(c2)-c2cc4ccc5ccccc5c4cc2C3(c2ccccc2)c2ccccc2)cc1. The van der Waals surface area contributed by atoms with Crippen LogP contribution in [0.3, 0.4) is 0 Å². The standard InChI is InChI=1S/C63H42N2S/c1-5-19-45(20-6-1)63(46-21-7-2-8-22-46)59-37-35-51(40-58(59)57-38-44-33-32-43-18-13-14-29-53(43)56(44)42-60(57)63)64(47-23-9-3-10-24-47)49-27-17-28-50(39-49)65(48-25-11-4-12-26-48)52-34-36-55-54-30-15-16-31-61(54)66-62(55)41-52/h1-42H. The quantitative estimate of drug-likeness (QED) is 0.141. The Hall–Kier alpha value is -8.24. The van der Waals surface area contributed by atoms with Gasteiger partial charge in [-0.15, -0.1) is 11.3 Å². The summed E-state index contributed by atoms with van der Waals surface area (Å²) in [5.74, 6) is 0. The molecule has 0 unspecified atom stereocenters. The van der Waals surface area contributed by atoms with Crippen LogP contribution in [0.2, 0.25) is 0 Å². The second kappa shape index (κ2) is 15.5. The van der Waals surface area contributed by atoms with Gasteiger partial charge in [-0.05, 0) is 140 Å². The topological polar surface area (TPSA) is 6.48 Å². The summed E-state index contributed by atoms with van der Waals surface area (Å²) in [5, 5.41) is 7.63. The van der Waals surface area contributed by atoms with Gasteiger partial charge in [0.25, 0.3) is 0 Å². The zero-order valence-corrected chi connectivity index (χ0v) is 36.9. The fraction of sp³-hybridized carbons (Fsp3) is 0.0159. The third-order valence-electron chi connectivity index (χ3n) is 13.7. The number of hydrogen-bond acceptors (Lipinski definition) is 3. The average Bonchev–Trinajstić information content (AvgIpc) is 3.90. The van der Waals surface area contributed by atoms with Gasteiger partial charge in [-0.2, -0.15) is 0 Å². The molecule has 0 amide bonds. The van der Waals surface area contributed by atoms with Crippen LogP contribution in [0, 0.1) is 0 Å². The summed E-state index contributed by atoms with van der Waals surface area (Å²) in [6, 6.07) is 93.9. The second-order valence-corrected chi connectivity index (χ2v) is 18.3. The lowest BCUT2D eigenvalue weighted by Gasteiger charge is -2.34.